The summed E-state index contributed by atoms with van der Waals surface area (Å²) < 4.78 is 0. The lowest BCUT2D eigenvalue weighted by Gasteiger charge is -2.28. The molecule has 0 saturated heterocycles. The zero-order valence-electron chi connectivity index (χ0n) is 39.0. The lowest BCUT2D eigenvalue weighted by molar-refractivity contribution is 0.660. The van der Waals surface area contributed by atoms with E-state index in [0.29, 0.717) is 0 Å². The summed E-state index contributed by atoms with van der Waals surface area (Å²) in [4.78, 5) is 4.77. The summed E-state index contributed by atoms with van der Waals surface area (Å²) >= 11 is 0. The van der Waals surface area contributed by atoms with Crippen molar-refractivity contribution in [1.82, 2.24) is 0 Å². The monoisotopic (exact) mass is 872 g/mol. The smallest absolute Gasteiger partial charge is 0.0467 e. The summed E-state index contributed by atoms with van der Waals surface area (Å²) in [7, 11) is 0. The van der Waals surface area contributed by atoms with E-state index in [-0.39, 0.29) is 10.8 Å². The van der Waals surface area contributed by atoms with Crippen molar-refractivity contribution in [3.05, 3.63) is 265 Å². The molecule has 326 valence electrons. The Balaban J connectivity index is 0.849. The number of hydrogen-bond acceptors (Lipinski definition) is 2. The first kappa shape index (κ1) is 41.2. The van der Waals surface area contributed by atoms with Gasteiger partial charge in [-0.3, -0.25) is 0 Å². The third-order valence-corrected chi connectivity index (χ3v) is 14.6. The Morgan fingerprint density at radius 1 is 0.221 bits per heavy atom. The first-order chi connectivity index (χ1) is 33.2. The van der Waals surface area contributed by atoms with Crippen LogP contribution in [-0.4, -0.2) is 0 Å². The zero-order valence-corrected chi connectivity index (χ0v) is 39.0. The molecule has 0 heterocycles. The average Bonchev–Trinajstić information content (AvgIpc) is 3.76. The minimum Gasteiger partial charge on any atom is -0.310 e. The molecule has 0 fully saturated rings. The second kappa shape index (κ2) is 16.3. The Hall–Kier alpha value is -8.20. The molecule has 12 rings (SSSR count). The van der Waals surface area contributed by atoms with Crippen molar-refractivity contribution in [3.8, 4) is 55.6 Å². The van der Waals surface area contributed by atoms with Gasteiger partial charge in [0.2, 0.25) is 0 Å². The van der Waals surface area contributed by atoms with Gasteiger partial charge in [0.1, 0.15) is 0 Å². The van der Waals surface area contributed by atoms with E-state index in [9.17, 15) is 0 Å². The van der Waals surface area contributed by atoms with Gasteiger partial charge in [-0.15, -0.1) is 0 Å². The molecule has 0 aromatic heterocycles. The van der Waals surface area contributed by atoms with Crippen LogP contribution in [0.3, 0.4) is 0 Å². The van der Waals surface area contributed by atoms with E-state index in [1.807, 2.05) is 0 Å². The van der Waals surface area contributed by atoms with Crippen LogP contribution in [0.15, 0.2) is 243 Å². The van der Waals surface area contributed by atoms with E-state index in [0.717, 1.165) is 34.1 Å². The fourth-order valence-corrected chi connectivity index (χ4v) is 11.1. The van der Waals surface area contributed by atoms with Crippen LogP contribution in [-0.2, 0) is 10.8 Å². The summed E-state index contributed by atoms with van der Waals surface area (Å²) in [5.74, 6) is 0. The fourth-order valence-electron chi connectivity index (χ4n) is 11.1. The third kappa shape index (κ3) is 6.95. The molecular formula is C66H52N2. The summed E-state index contributed by atoms with van der Waals surface area (Å²) in [5, 5.41) is 0. The standard InChI is InChI=1S/C66H52N2/c1-65(2)61-30-13-11-28-57(61)59-38-36-55(43-63(59)65)67(51-23-7-5-8-24-51)53-34-32-45(33-35-53)46-18-15-19-47(40-46)48-20-16-21-49(41-48)50-22-17-27-54(42-50)68(52-25-9-6-10-26-52)56-37-39-60-58-29-12-14-31-62(58)66(3,4)64(60)44-56/h5-44H,1-4H3. The number of hydrogen-bond donors (Lipinski definition) is 0. The molecule has 0 unspecified atom stereocenters. The van der Waals surface area contributed by atoms with E-state index in [4.69, 9.17) is 0 Å². The van der Waals surface area contributed by atoms with Crippen LogP contribution in [0.25, 0.3) is 55.6 Å². The number of fused-ring (bicyclic) bond motifs is 6. The Morgan fingerprint density at radius 2 is 0.544 bits per heavy atom. The molecule has 2 nitrogen and oxygen atoms in total. The van der Waals surface area contributed by atoms with Crippen LogP contribution in [0.2, 0.25) is 0 Å². The quantitative estimate of drug-likeness (QED) is 0.143. The van der Waals surface area contributed by atoms with Gasteiger partial charge in [-0.05, 0) is 163 Å². The molecule has 0 amide bonds. The molecule has 68 heavy (non-hydrogen) atoms. The van der Waals surface area contributed by atoms with Crippen LogP contribution in [0.5, 0.6) is 0 Å². The van der Waals surface area contributed by atoms with Crippen LogP contribution >= 0.6 is 0 Å². The molecule has 2 aliphatic carbocycles. The molecule has 0 saturated carbocycles. The number of rotatable bonds is 9. The predicted molar refractivity (Wildman–Crippen MR) is 287 cm³/mol. The number of benzene rings is 10. The predicted octanol–water partition coefficient (Wildman–Crippen LogP) is 18.2. The average molecular weight is 873 g/mol. The van der Waals surface area contributed by atoms with Crippen LogP contribution in [0.4, 0.5) is 34.1 Å². The van der Waals surface area contributed by atoms with Gasteiger partial charge < -0.3 is 9.80 Å². The van der Waals surface area contributed by atoms with E-state index in [1.54, 1.807) is 0 Å². The summed E-state index contributed by atoms with van der Waals surface area (Å²) in [6, 6.07) is 89.1. The van der Waals surface area contributed by atoms with Crippen LogP contribution in [0.1, 0.15) is 49.9 Å². The minimum atomic E-state index is -0.0914. The Labute approximate surface area is 401 Å². The van der Waals surface area contributed by atoms with Crippen molar-refractivity contribution >= 4 is 34.1 Å². The molecule has 0 radical (unpaired) electrons. The summed E-state index contributed by atoms with van der Waals surface area (Å²) in [6.45, 7) is 9.40. The van der Waals surface area contributed by atoms with Crippen molar-refractivity contribution < 1.29 is 0 Å². The first-order valence-corrected chi connectivity index (χ1v) is 23.8. The number of anilines is 6. The van der Waals surface area contributed by atoms with Crippen LogP contribution < -0.4 is 9.80 Å². The highest BCUT2D eigenvalue weighted by Crippen LogP contribution is 2.52. The van der Waals surface area contributed by atoms with Crippen molar-refractivity contribution in [2.75, 3.05) is 9.80 Å². The lowest BCUT2D eigenvalue weighted by Crippen LogP contribution is -2.16. The van der Waals surface area contributed by atoms with Gasteiger partial charge >= 0.3 is 0 Å². The molecule has 0 spiro atoms. The molecule has 0 aliphatic heterocycles. The van der Waals surface area contributed by atoms with Gasteiger partial charge in [-0.2, -0.15) is 0 Å². The lowest BCUT2D eigenvalue weighted by atomic mass is 9.82. The van der Waals surface area contributed by atoms with Crippen molar-refractivity contribution in [1.29, 1.82) is 0 Å². The van der Waals surface area contributed by atoms with Gasteiger partial charge in [-0.1, -0.05) is 185 Å². The zero-order chi connectivity index (χ0) is 46.0. The van der Waals surface area contributed by atoms with Gasteiger partial charge in [0.05, 0.1) is 0 Å². The Kier molecular flexibility index (Phi) is 9.88. The third-order valence-electron chi connectivity index (χ3n) is 14.6. The summed E-state index contributed by atoms with van der Waals surface area (Å²) in [6.07, 6.45) is 0. The molecule has 0 atom stereocenters. The van der Waals surface area contributed by atoms with E-state index < -0.39 is 0 Å². The fraction of sp³-hybridized carbons (Fsp3) is 0.0909. The maximum Gasteiger partial charge on any atom is 0.0467 e. The summed E-state index contributed by atoms with van der Waals surface area (Å²) in [5.41, 5.74) is 24.5. The van der Waals surface area contributed by atoms with E-state index in [2.05, 4.69) is 280 Å². The molecule has 0 bridgehead atoms. The first-order valence-electron chi connectivity index (χ1n) is 23.8. The molecule has 10 aromatic rings. The largest absolute Gasteiger partial charge is 0.310 e. The van der Waals surface area contributed by atoms with Gasteiger partial charge in [0, 0.05) is 45.0 Å². The second-order valence-electron chi connectivity index (χ2n) is 19.4. The maximum atomic E-state index is 2.41. The van der Waals surface area contributed by atoms with Crippen molar-refractivity contribution in [2.24, 2.45) is 0 Å². The minimum absolute atomic E-state index is 0.0821. The second-order valence-corrected chi connectivity index (χ2v) is 19.4. The van der Waals surface area contributed by atoms with Crippen molar-refractivity contribution in [3.63, 3.8) is 0 Å². The Bertz CT molecular complexity index is 3510. The number of para-hydroxylation sites is 2. The molecule has 10 aromatic carbocycles. The molecular weight excluding hydrogens is 821 g/mol. The van der Waals surface area contributed by atoms with Gasteiger partial charge in [-0.25, -0.2) is 0 Å². The SMILES string of the molecule is CC1(C)c2ccccc2-c2ccc(N(c3ccccc3)c3ccc(-c4cccc(-c5cccc(-c6cccc(N(c7ccccc7)c7ccc8c(c7)C(C)(C)c7ccccc7-8)c6)c5)c4)cc3)cc21. The number of nitrogens with zero attached hydrogens (tertiary/aromatic N) is 2. The van der Waals surface area contributed by atoms with Gasteiger partial charge in [0.25, 0.3) is 0 Å². The van der Waals surface area contributed by atoms with Crippen molar-refractivity contribution in [2.45, 2.75) is 38.5 Å². The highest BCUT2D eigenvalue weighted by atomic mass is 15.1. The van der Waals surface area contributed by atoms with E-state index in [1.165, 1.54) is 77.9 Å². The molecule has 2 aliphatic rings. The normalized spacial score (nSPS) is 13.5. The maximum absolute atomic E-state index is 2.41. The molecule has 2 heteroatoms. The van der Waals surface area contributed by atoms with E-state index >= 15 is 0 Å². The highest BCUT2D eigenvalue weighted by Gasteiger charge is 2.37. The Morgan fingerprint density at radius 3 is 1.03 bits per heavy atom. The highest BCUT2D eigenvalue weighted by molar-refractivity contribution is 5.89. The van der Waals surface area contributed by atoms with Crippen LogP contribution in [0, 0.1) is 0 Å². The topological polar surface area (TPSA) is 6.48 Å². The van der Waals surface area contributed by atoms with Gasteiger partial charge in [0.15, 0.2) is 0 Å². The molecule has 0 N–H and O–H groups in total.